The quantitative estimate of drug-likeness (QED) is 0.133. The average Bonchev–Trinajstić information content (AvgIpc) is 1.71. The normalized spacial score (nSPS) is 15.8. The molecule has 0 spiro atoms. The number of benzene rings is 3. The molecule has 3 aromatic carbocycles. The highest BCUT2D eigenvalue weighted by atomic mass is 35.5. The van der Waals surface area contributed by atoms with Crippen LogP contribution in [0, 0.1) is 0 Å². The molecule has 7 aromatic rings. The van der Waals surface area contributed by atoms with Crippen LogP contribution in [0.2, 0.25) is 5.15 Å². The molecule has 4 aromatic heterocycles. The summed E-state index contributed by atoms with van der Waals surface area (Å²) in [7, 11) is 0. The van der Waals surface area contributed by atoms with Gasteiger partial charge in [0.05, 0.1) is 0 Å². The maximum Gasteiger partial charge on any atom is 0.181 e. The summed E-state index contributed by atoms with van der Waals surface area (Å²) in [6.07, 6.45) is 6.56. The molecule has 0 aliphatic rings. The zero-order chi connectivity index (χ0) is 98.8. The van der Waals surface area contributed by atoms with E-state index in [1.807, 2.05) is 121 Å². The summed E-state index contributed by atoms with van der Waals surface area (Å²) >= 11 is 10.2. The van der Waals surface area contributed by atoms with Gasteiger partial charge in [0.15, 0.2) is 17.5 Å². The van der Waals surface area contributed by atoms with Gasteiger partial charge in [0.2, 0.25) is 0 Å². The highest BCUT2D eigenvalue weighted by Crippen LogP contribution is 2.14. The second-order valence-electron chi connectivity index (χ2n) is 8.65. The van der Waals surface area contributed by atoms with Crippen LogP contribution in [0.15, 0.2) is 152 Å². The summed E-state index contributed by atoms with van der Waals surface area (Å²) < 4.78 is 342. The van der Waals surface area contributed by atoms with E-state index in [-0.39, 0.29) is 1.43 Å². The fourth-order valence-electron chi connectivity index (χ4n) is 3.47. The van der Waals surface area contributed by atoms with Gasteiger partial charge in [-0.2, -0.15) is 5.10 Å². The van der Waals surface area contributed by atoms with Crippen molar-refractivity contribution in [2.45, 2.75) is 0 Å². The Morgan fingerprint density at radius 2 is 1.30 bits per heavy atom. The Kier molecular flexibility index (Phi) is 3.74. The molecular weight excluding hydrogens is 590 g/mol. The van der Waals surface area contributed by atoms with E-state index in [0.29, 0.717) is 16.0 Å². The van der Waals surface area contributed by atoms with Crippen LogP contribution in [0.4, 0.5) is 0 Å². The summed E-state index contributed by atoms with van der Waals surface area (Å²) in [4.78, 5) is 16.7. The van der Waals surface area contributed by atoms with Crippen molar-refractivity contribution in [3.63, 3.8) is 0 Å². The van der Waals surface area contributed by atoms with E-state index in [9.17, 15) is 0 Å². The summed E-state index contributed by atoms with van der Waals surface area (Å²) in [5, 5.41) is 11.5. The van der Waals surface area contributed by atoms with Gasteiger partial charge in [-0.1, -0.05) is 127 Å². The number of aromatic nitrogens is 8. The zero-order valence-electron chi connectivity index (χ0n) is 91.4. The third-order valence-corrected chi connectivity index (χ3v) is 6.02. The average molecular weight is 827 g/mol. The maximum atomic E-state index is 5.43. The van der Waals surface area contributed by atoms with Crippen LogP contribution >= 0.6 is 23.8 Å². The van der Waals surface area contributed by atoms with Gasteiger partial charge in [-0.15, -0.1) is 5.10 Å². The van der Waals surface area contributed by atoms with Crippen LogP contribution in [0.1, 0.15) is 108 Å². The number of rotatable bonds is 4. The number of hydrogen-bond acceptors (Lipinski definition) is 7. The SMILES string of the molecule is Clc1ccccn1.NC(=S)c1ccccc1.[3HH].[3H][3H].[3H][3H].[3H][3H].[3H][3H].[3H][3H].[3H][3H].[3H][3H].[3H][3H].[3H][3H].[3H][3H].[3H][3H].[3H][3H].[3H][3H].[3H][3H].[3H][3H].[3H][3H].[3H][3H].[3H][3H].[3H][3H].[3H][3H].[3H][3H].[3H][3H].[3H][3H].[3H][3H].[3H][3H].[3H][3H].[3H][3H].[3H][3H].[3H][3H].[3H][3H].[3H][3H].[3H][3H].[3H][3H].[3H][3H].c1ccc(-c2ncn(-c3ccccn3)n2)cc1.c1ccc(-c2ncn[nH]2)cc1. The lowest BCUT2D eigenvalue weighted by Gasteiger charge is -1.97. The van der Waals surface area contributed by atoms with Crippen molar-refractivity contribution in [3.05, 3.63) is 163 Å². The van der Waals surface area contributed by atoms with Crippen LogP contribution in [-0.2, 0) is 0 Å². The van der Waals surface area contributed by atoms with Crippen molar-refractivity contribution >= 4 is 28.8 Å². The van der Waals surface area contributed by atoms with Crippen molar-refractivity contribution < 1.29 is 102 Å². The third kappa shape index (κ3) is 10.4. The Labute approximate surface area is 371 Å². The molecule has 0 aliphatic carbocycles. The summed E-state index contributed by atoms with van der Waals surface area (Å²) in [6, 6.07) is 40.4. The van der Waals surface area contributed by atoms with Gasteiger partial charge in [-0.3, -0.25) is 5.10 Å². The Hall–Kier alpha value is -5.58. The van der Waals surface area contributed by atoms with E-state index in [0.717, 1.165) is 28.3 Å². The van der Waals surface area contributed by atoms with Crippen LogP contribution < -0.4 is 5.73 Å². The first-order valence-electron chi connectivity index (χ1n) is 47.3. The number of halogens is 1. The van der Waals surface area contributed by atoms with E-state index in [1.165, 1.54) is 6.33 Å². The first-order valence-corrected chi connectivity index (χ1v) is 14.1. The maximum absolute atomic E-state index is 5.43. The van der Waals surface area contributed by atoms with E-state index in [2.05, 4.69) is 35.2 Å². The monoisotopic (exact) mass is 826 g/mol. The molecule has 0 saturated carbocycles. The number of thiocarbonyl (C=S) groups is 1. The summed E-state index contributed by atoms with van der Waals surface area (Å²) in [5.74, 6) is 2.28. The predicted molar refractivity (Wildman–Crippen MR) is 252 cm³/mol. The number of aromatic amines is 1. The molecule has 0 aliphatic heterocycles. The fraction of sp³-hybridized carbons (Fsp3) is 0. The topological polar surface area (TPSA) is 124 Å². The molecule has 0 bridgehead atoms. The molecule has 0 saturated heterocycles. The summed E-state index contributed by atoms with van der Waals surface area (Å²) in [5.41, 5.74) is 8.33. The highest BCUT2D eigenvalue weighted by Gasteiger charge is 2.04. The molecule has 44 heavy (non-hydrogen) atoms. The van der Waals surface area contributed by atoms with E-state index in [1.54, 1.807) is 29.5 Å². The molecule has 9 nitrogen and oxygen atoms in total. The molecule has 4 heterocycles. The first kappa shape index (κ1) is 9.46. The third-order valence-electron chi connectivity index (χ3n) is 5.56. The van der Waals surface area contributed by atoms with Crippen molar-refractivity contribution in [1.82, 2.24) is 39.9 Å². The van der Waals surface area contributed by atoms with Gasteiger partial charge in [0, 0.05) is 131 Å². The minimum Gasteiger partial charge on any atom is -0.389 e. The number of hydrogen-bond donors (Lipinski definition) is 2. The van der Waals surface area contributed by atoms with E-state index >= 15 is 0 Å². The molecule has 288 valence electrons. The predicted octanol–water partition coefficient (Wildman–Crippen LogP) is 15.5. The molecule has 3 N–H and O–H groups in total. The Balaban J connectivity index is -0.0000000209. The molecule has 7 rings (SSSR count). The van der Waals surface area contributed by atoms with E-state index < -0.39 is 0 Å². The number of nitrogens with two attached hydrogens (primary N) is 1. The zero-order valence-corrected chi connectivity index (χ0v) is 25.0. The highest BCUT2D eigenvalue weighted by molar-refractivity contribution is 7.80. The fourth-order valence-corrected chi connectivity index (χ4v) is 3.73. The van der Waals surface area contributed by atoms with Gasteiger partial charge < -0.3 is 5.73 Å². The van der Waals surface area contributed by atoms with Gasteiger partial charge in [-0.25, -0.2) is 24.6 Å². The molecule has 0 fully saturated rings. The Bertz CT molecular complexity index is 1820. The van der Waals surface area contributed by atoms with Gasteiger partial charge >= 0.3 is 0 Å². The second-order valence-corrected chi connectivity index (χ2v) is 9.48. The minimum absolute atomic E-state index is 0. The van der Waals surface area contributed by atoms with Gasteiger partial charge in [0.1, 0.15) is 22.8 Å². The lowest BCUT2D eigenvalue weighted by Crippen LogP contribution is -2.08. The second kappa shape index (κ2) is 17.4. The van der Waals surface area contributed by atoms with Crippen LogP contribution in [0.25, 0.3) is 28.6 Å². The number of nitrogens with one attached hydrogen (secondary N) is 1. The standard InChI is InChI=1S/C13H10N4.C8H7N3.C7H7NS.C5H4ClN.35H2/c1-2-6-11(7-3-1)13-15-10-17(16-13)12-8-4-5-9-14-12;1-2-4-7(5-3-1)8-9-6-10-11-8;8-7(9)6-4-2-1-3-5-6;6-5-3-1-2-4-7-5;;;;;;;;;;;;;;;;;;;;;;;;;;;;;;;;;;;/h1-10H;1-6H,(H,9,10,11);1-5H,(H2,8,9);1-4H;35*1H/i;;;;34*1+2T;1+2. The summed E-state index contributed by atoms with van der Waals surface area (Å²) in [6.45, 7) is 0. The smallest absolute Gasteiger partial charge is 0.181 e. The Morgan fingerprint density at radius 3 is 1.77 bits per heavy atom. The van der Waals surface area contributed by atoms with Gasteiger partial charge in [0.25, 0.3) is 0 Å². The number of nitrogens with zero attached hydrogens (tertiary/aromatic N) is 7. The Morgan fingerprint density at radius 1 is 0.705 bits per heavy atom. The van der Waals surface area contributed by atoms with Gasteiger partial charge in [-0.05, 0) is 24.3 Å². The van der Waals surface area contributed by atoms with Crippen molar-refractivity contribution in [2.24, 2.45) is 5.73 Å². The van der Waals surface area contributed by atoms with E-state index in [4.69, 9.17) is 131 Å². The van der Waals surface area contributed by atoms with Crippen LogP contribution in [0.5, 0.6) is 0 Å². The van der Waals surface area contributed by atoms with Crippen molar-refractivity contribution in [3.8, 4) is 28.6 Å². The molecular formula is C33H98ClN9S. The lowest BCUT2D eigenvalue weighted by atomic mass is 10.2. The molecule has 0 atom stereocenters. The van der Waals surface area contributed by atoms with Crippen molar-refractivity contribution in [2.75, 3.05) is 0 Å². The number of H-pyrrole nitrogens is 1. The molecule has 0 unspecified atom stereocenters. The molecule has 0 radical (unpaired) electrons. The van der Waals surface area contributed by atoms with Crippen LogP contribution in [-0.4, -0.2) is 44.9 Å². The van der Waals surface area contributed by atoms with Crippen molar-refractivity contribution in [1.29, 1.82) is 0 Å². The largest absolute Gasteiger partial charge is 0.389 e. The minimum atomic E-state index is 0. The lowest BCUT2D eigenvalue weighted by molar-refractivity contribution is 0.848. The molecule has 11 heteroatoms. The van der Waals surface area contributed by atoms with Crippen LogP contribution in [0.3, 0.4) is 0 Å². The molecule has 0 amide bonds. The number of pyridine rings is 2. The first-order chi connectivity index (χ1) is 55.6.